The highest BCUT2D eigenvalue weighted by Gasteiger charge is 2.08. The number of thiophene rings is 1. The van der Waals surface area contributed by atoms with Gasteiger partial charge in [0.05, 0.1) is 11.8 Å². The van der Waals surface area contributed by atoms with Crippen molar-refractivity contribution in [2.24, 2.45) is 0 Å². The summed E-state index contributed by atoms with van der Waals surface area (Å²) in [6.45, 7) is 0. The van der Waals surface area contributed by atoms with E-state index in [4.69, 9.17) is 4.74 Å². The van der Waals surface area contributed by atoms with E-state index in [-0.39, 0.29) is 5.75 Å². The Balaban J connectivity index is 2.84. The van der Waals surface area contributed by atoms with Gasteiger partial charge >= 0.3 is 0 Å². The molecule has 0 aliphatic carbocycles. The van der Waals surface area contributed by atoms with Crippen LogP contribution in [0.1, 0.15) is 0 Å². The van der Waals surface area contributed by atoms with Gasteiger partial charge in [-0.05, 0) is 12.1 Å². The van der Waals surface area contributed by atoms with Crippen LogP contribution in [0.2, 0.25) is 0 Å². The van der Waals surface area contributed by atoms with Crippen LogP contribution < -0.4 is 4.74 Å². The molecule has 68 valence electrons. The zero-order valence-corrected chi connectivity index (χ0v) is 8.65. The number of aromatic hydroxyl groups is 1. The van der Waals surface area contributed by atoms with Crippen LogP contribution in [0.5, 0.6) is 11.5 Å². The minimum Gasteiger partial charge on any atom is -0.506 e. The van der Waals surface area contributed by atoms with Crippen molar-refractivity contribution in [3.63, 3.8) is 0 Å². The third kappa shape index (κ3) is 1.36. The van der Waals surface area contributed by atoms with E-state index in [1.165, 1.54) is 11.3 Å². The largest absolute Gasteiger partial charge is 0.506 e. The number of thiol groups is 1. The third-order valence-electron chi connectivity index (χ3n) is 1.82. The standard InChI is InChI=1S/C9H8O2S2/c1-11-8-3-5(12)2-6-7(10)4-13-9(6)8/h2-4,10,12H,1H3. The Morgan fingerprint density at radius 3 is 2.92 bits per heavy atom. The molecule has 4 heteroatoms. The molecule has 2 aromatic rings. The summed E-state index contributed by atoms with van der Waals surface area (Å²) in [6, 6.07) is 3.66. The molecule has 0 saturated carbocycles. The van der Waals surface area contributed by atoms with Gasteiger partial charge < -0.3 is 9.84 Å². The maximum absolute atomic E-state index is 9.48. The summed E-state index contributed by atoms with van der Waals surface area (Å²) in [4.78, 5) is 0.790. The normalized spacial score (nSPS) is 10.6. The number of ether oxygens (including phenoxy) is 1. The average molecular weight is 212 g/mol. The number of methoxy groups -OCH3 is 1. The summed E-state index contributed by atoms with van der Waals surface area (Å²) >= 11 is 5.68. The van der Waals surface area contributed by atoms with Gasteiger partial charge in [-0.1, -0.05) is 0 Å². The van der Waals surface area contributed by atoms with Crippen molar-refractivity contribution >= 4 is 34.1 Å². The molecular formula is C9H8O2S2. The first-order valence-corrected chi connectivity index (χ1v) is 5.02. The molecular weight excluding hydrogens is 204 g/mol. The summed E-state index contributed by atoms with van der Waals surface area (Å²) < 4.78 is 6.13. The second-order valence-corrected chi connectivity index (χ2v) is 4.04. The fourth-order valence-electron chi connectivity index (χ4n) is 1.23. The van der Waals surface area contributed by atoms with E-state index in [2.05, 4.69) is 12.6 Å². The lowest BCUT2D eigenvalue weighted by Crippen LogP contribution is -1.82. The van der Waals surface area contributed by atoms with Crippen LogP contribution >= 0.6 is 24.0 Å². The highest BCUT2D eigenvalue weighted by molar-refractivity contribution is 7.80. The van der Waals surface area contributed by atoms with Crippen molar-refractivity contribution < 1.29 is 9.84 Å². The molecule has 2 rings (SSSR count). The molecule has 0 aliphatic rings. The van der Waals surface area contributed by atoms with E-state index >= 15 is 0 Å². The second kappa shape index (κ2) is 3.12. The molecule has 0 amide bonds. The summed E-state index contributed by atoms with van der Waals surface area (Å²) in [5, 5.41) is 12.0. The van der Waals surface area contributed by atoms with Gasteiger partial charge in [-0.3, -0.25) is 0 Å². The molecule has 0 radical (unpaired) electrons. The Morgan fingerprint density at radius 2 is 2.23 bits per heavy atom. The predicted octanol–water partition coefficient (Wildman–Crippen LogP) is 2.90. The molecule has 1 aromatic heterocycles. The Kier molecular flexibility index (Phi) is 2.09. The molecule has 1 N–H and O–H groups in total. The molecule has 0 saturated heterocycles. The highest BCUT2D eigenvalue weighted by atomic mass is 32.1. The molecule has 1 heterocycles. The van der Waals surface area contributed by atoms with Crippen molar-refractivity contribution in [3.05, 3.63) is 17.5 Å². The van der Waals surface area contributed by atoms with Gasteiger partial charge in [0.15, 0.2) is 0 Å². The van der Waals surface area contributed by atoms with E-state index in [1.807, 2.05) is 12.1 Å². The zero-order chi connectivity index (χ0) is 9.42. The van der Waals surface area contributed by atoms with Crippen molar-refractivity contribution in [2.45, 2.75) is 4.90 Å². The Morgan fingerprint density at radius 1 is 1.46 bits per heavy atom. The van der Waals surface area contributed by atoms with Gasteiger partial charge in [0, 0.05) is 15.7 Å². The monoisotopic (exact) mass is 212 g/mol. The van der Waals surface area contributed by atoms with E-state index in [0.29, 0.717) is 0 Å². The van der Waals surface area contributed by atoms with Crippen molar-refractivity contribution in [1.82, 2.24) is 0 Å². The third-order valence-corrected chi connectivity index (χ3v) is 3.08. The smallest absolute Gasteiger partial charge is 0.137 e. The molecule has 0 bridgehead atoms. The van der Waals surface area contributed by atoms with Crippen LogP contribution in [-0.4, -0.2) is 12.2 Å². The topological polar surface area (TPSA) is 29.5 Å². The van der Waals surface area contributed by atoms with Gasteiger partial charge in [0.2, 0.25) is 0 Å². The molecule has 0 unspecified atom stereocenters. The van der Waals surface area contributed by atoms with Gasteiger partial charge in [0.25, 0.3) is 0 Å². The molecule has 1 aromatic carbocycles. The maximum Gasteiger partial charge on any atom is 0.137 e. The SMILES string of the molecule is COc1cc(S)cc2c(O)csc12. The number of rotatable bonds is 1. The fourth-order valence-corrected chi connectivity index (χ4v) is 2.38. The lowest BCUT2D eigenvalue weighted by atomic mass is 10.2. The van der Waals surface area contributed by atoms with Crippen molar-refractivity contribution in [2.75, 3.05) is 7.11 Å². The van der Waals surface area contributed by atoms with Crippen LogP contribution in [-0.2, 0) is 0 Å². The van der Waals surface area contributed by atoms with Crippen LogP contribution in [0.3, 0.4) is 0 Å². The number of fused-ring (bicyclic) bond motifs is 1. The number of benzene rings is 1. The summed E-state index contributed by atoms with van der Waals surface area (Å²) in [5.41, 5.74) is 0. The average Bonchev–Trinajstić information content (AvgIpc) is 2.47. The van der Waals surface area contributed by atoms with Gasteiger partial charge in [0.1, 0.15) is 11.5 Å². The molecule has 0 atom stereocenters. The Hall–Kier alpha value is -0.870. The van der Waals surface area contributed by atoms with Gasteiger partial charge in [-0.15, -0.1) is 24.0 Å². The van der Waals surface area contributed by atoms with E-state index in [0.717, 1.165) is 20.7 Å². The first-order valence-electron chi connectivity index (χ1n) is 3.69. The van der Waals surface area contributed by atoms with Crippen molar-refractivity contribution in [1.29, 1.82) is 0 Å². The molecule has 0 aliphatic heterocycles. The first kappa shape index (κ1) is 8.72. The minimum atomic E-state index is 0.286. The maximum atomic E-state index is 9.48. The molecule has 13 heavy (non-hydrogen) atoms. The van der Waals surface area contributed by atoms with Crippen LogP contribution in [0.15, 0.2) is 22.4 Å². The van der Waals surface area contributed by atoms with E-state index in [9.17, 15) is 5.11 Å². The Labute approximate surface area is 85.2 Å². The first-order chi connectivity index (χ1) is 6.22. The highest BCUT2D eigenvalue weighted by Crippen LogP contribution is 2.39. The number of hydrogen-bond donors (Lipinski definition) is 2. The molecule has 2 nitrogen and oxygen atoms in total. The quantitative estimate of drug-likeness (QED) is 0.712. The molecule has 0 spiro atoms. The Bertz CT molecular complexity index is 448. The zero-order valence-electron chi connectivity index (χ0n) is 6.94. The van der Waals surface area contributed by atoms with Gasteiger partial charge in [-0.25, -0.2) is 0 Å². The second-order valence-electron chi connectivity index (χ2n) is 2.65. The summed E-state index contributed by atoms with van der Waals surface area (Å²) in [6.07, 6.45) is 0. The lowest BCUT2D eigenvalue weighted by Gasteiger charge is -2.02. The van der Waals surface area contributed by atoms with Crippen LogP contribution in [0, 0.1) is 0 Å². The summed E-state index contributed by atoms with van der Waals surface area (Å²) in [5.74, 6) is 1.04. The van der Waals surface area contributed by atoms with E-state index in [1.54, 1.807) is 12.5 Å². The predicted molar refractivity (Wildman–Crippen MR) is 57.3 cm³/mol. The molecule has 0 fully saturated rings. The van der Waals surface area contributed by atoms with Crippen LogP contribution in [0.4, 0.5) is 0 Å². The minimum absolute atomic E-state index is 0.286. The lowest BCUT2D eigenvalue weighted by molar-refractivity contribution is 0.419. The fraction of sp³-hybridized carbons (Fsp3) is 0.111. The summed E-state index contributed by atoms with van der Waals surface area (Å²) in [7, 11) is 1.61. The number of hydrogen-bond acceptors (Lipinski definition) is 4. The van der Waals surface area contributed by atoms with Crippen LogP contribution in [0.25, 0.3) is 10.1 Å². The van der Waals surface area contributed by atoms with E-state index < -0.39 is 0 Å². The van der Waals surface area contributed by atoms with Crippen molar-refractivity contribution in [3.8, 4) is 11.5 Å². The van der Waals surface area contributed by atoms with Gasteiger partial charge in [-0.2, -0.15) is 0 Å².